The Kier molecular flexibility index (Phi) is 5.26. The van der Waals surface area contributed by atoms with Gasteiger partial charge in [-0.05, 0) is 42.8 Å². The molecular weight excluding hydrogens is 238 g/mol. The van der Waals surface area contributed by atoms with E-state index in [-0.39, 0.29) is 0 Å². The van der Waals surface area contributed by atoms with Crippen LogP contribution in [-0.4, -0.2) is 18.3 Å². The summed E-state index contributed by atoms with van der Waals surface area (Å²) in [7, 11) is 0. The van der Waals surface area contributed by atoms with E-state index in [2.05, 4.69) is 5.32 Å². The lowest BCUT2D eigenvalue weighted by Gasteiger charge is -2.07. The van der Waals surface area contributed by atoms with E-state index in [0.29, 0.717) is 12.4 Å². The summed E-state index contributed by atoms with van der Waals surface area (Å²) in [5.74, 6) is 1.22. The van der Waals surface area contributed by atoms with Crippen molar-refractivity contribution in [2.45, 2.75) is 13.0 Å². The summed E-state index contributed by atoms with van der Waals surface area (Å²) in [6.07, 6.45) is 0.965. The highest BCUT2D eigenvalue weighted by molar-refractivity contribution is 5.25. The van der Waals surface area contributed by atoms with Gasteiger partial charge >= 0.3 is 0 Å². The fourth-order valence-corrected chi connectivity index (χ4v) is 1.75. The summed E-state index contributed by atoms with van der Waals surface area (Å²) in [6.45, 7) is 2.44. The first kappa shape index (κ1) is 13.4. The number of ether oxygens (including phenoxy) is 1. The largest absolute Gasteiger partial charge is 0.508 e. The molecular formula is C16H19NO2. The second-order valence-electron chi connectivity index (χ2n) is 4.36. The standard InChI is InChI=1S/C16H19NO2/c18-15-9-7-14(8-10-15)13-17-11-4-12-19-16-5-2-1-3-6-16/h1-3,5-10,17-18H,4,11-13H2. The predicted octanol–water partition coefficient (Wildman–Crippen LogP) is 2.95. The fourth-order valence-electron chi connectivity index (χ4n) is 1.75. The van der Waals surface area contributed by atoms with Crippen molar-refractivity contribution in [3.63, 3.8) is 0 Å². The molecule has 3 heteroatoms. The normalized spacial score (nSPS) is 10.3. The first-order chi connectivity index (χ1) is 9.34. The maximum atomic E-state index is 9.17. The van der Waals surface area contributed by atoms with Crippen LogP contribution in [-0.2, 0) is 6.54 Å². The molecule has 0 saturated carbocycles. The van der Waals surface area contributed by atoms with Crippen LogP contribution in [0.25, 0.3) is 0 Å². The van der Waals surface area contributed by atoms with Crippen molar-refractivity contribution >= 4 is 0 Å². The maximum Gasteiger partial charge on any atom is 0.119 e. The zero-order chi connectivity index (χ0) is 13.3. The van der Waals surface area contributed by atoms with E-state index in [9.17, 15) is 0 Å². The molecule has 100 valence electrons. The van der Waals surface area contributed by atoms with Gasteiger partial charge < -0.3 is 15.2 Å². The van der Waals surface area contributed by atoms with Crippen LogP contribution in [0.15, 0.2) is 54.6 Å². The Labute approximate surface area is 113 Å². The van der Waals surface area contributed by atoms with E-state index >= 15 is 0 Å². The third-order valence-corrected chi connectivity index (χ3v) is 2.78. The van der Waals surface area contributed by atoms with Gasteiger partial charge in [-0.1, -0.05) is 30.3 Å². The minimum atomic E-state index is 0.306. The van der Waals surface area contributed by atoms with Gasteiger partial charge in [0.25, 0.3) is 0 Å². The molecule has 0 atom stereocenters. The minimum absolute atomic E-state index is 0.306. The predicted molar refractivity (Wildman–Crippen MR) is 76.4 cm³/mol. The van der Waals surface area contributed by atoms with Gasteiger partial charge in [-0.2, -0.15) is 0 Å². The molecule has 0 heterocycles. The average Bonchev–Trinajstić information content (AvgIpc) is 2.46. The molecule has 0 spiro atoms. The quantitative estimate of drug-likeness (QED) is 0.749. The molecule has 0 aromatic heterocycles. The lowest BCUT2D eigenvalue weighted by atomic mass is 10.2. The summed E-state index contributed by atoms with van der Waals surface area (Å²) in [5, 5.41) is 12.5. The van der Waals surface area contributed by atoms with Crippen LogP contribution >= 0.6 is 0 Å². The Balaban J connectivity index is 1.56. The van der Waals surface area contributed by atoms with Gasteiger partial charge in [0.05, 0.1) is 6.61 Å². The number of benzene rings is 2. The van der Waals surface area contributed by atoms with E-state index in [0.717, 1.165) is 25.3 Å². The van der Waals surface area contributed by atoms with Crippen molar-refractivity contribution < 1.29 is 9.84 Å². The molecule has 0 fully saturated rings. The molecule has 2 rings (SSSR count). The second kappa shape index (κ2) is 7.44. The van der Waals surface area contributed by atoms with Crippen molar-refractivity contribution in [2.24, 2.45) is 0 Å². The van der Waals surface area contributed by atoms with Gasteiger partial charge in [0.15, 0.2) is 0 Å². The van der Waals surface area contributed by atoms with Crippen molar-refractivity contribution in [1.82, 2.24) is 5.32 Å². The Morgan fingerprint density at radius 2 is 1.68 bits per heavy atom. The molecule has 2 aromatic carbocycles. The van der Waals surface area contributed by atoms with Gasteiger partial charge in [-0.25, -0.2) is 0 Å². The maximum absolute atomic E-state index is 9.17. The Hall–Kier alpha value is -2.00. The molecule has 0 bridgehead atoms. The average molecular weight is 257 g/mol. The van der Waals surface area contributed by atoms with E-state index in [4.69, 9.17) is 9.84 Å². The Bertz CT molecular complexity index is 468. The lowest BCUT2D eigenvalue weighted by molar-refractivity contribution is 0.308. The lowest BCUT2D eigenvalue weighted by Crippen LogP contribution is -2.16. The third kappa shape index (κ3) is 5.02. The van der Waals surface area contributed by atoms with Crippen LogP contribution in [0.5, 0.6) is 11.5 Å². The van der Waals surface area contributed by atoms with Gasteiger partial charge in [0.2, 0.25) is 0 Å². The van der Waals surface area contributed by atoms with Gasteiger partial charge in [-0.15, -0.1) is 0 Å². The van der Waals surface area contributed by atoms with E-state index < -0.39 is 0 Å². The molecule has 2 N–H and O–H groups in total. The SMILES string of the molecule is Oc1ccc(CNCCCOc2ccccc2)cc1. The first-order valence-corrected chi connectivity index (χ1v) is 6.51. The molecule has 0 saturated heterocycles. The van der Waals surface area contributed by atoms with Crippen molar-refractivity contribution in [3.8, 4) is 11.5 Å². The van der Waals surface area contributed by atoms with Gasteiger partial charge in [0.1, 0.15) is 11.5 Å². The topological polar surface area (TPSA) is 41.5 Å². The number of phenols is 1. The summed E-state index contributed by atoms with van der Waals surface area (Å²) in [5.41, 5.74) is 1.17. The number of nitrogens with one attached hydrogen (secondary N) is 1. The third-order valence-electron chi connectivity index (χ3n) is 2.78. The smallest absolute Gasteiger partial charge is 0.119 e. The van der Waals surface area contributed by atoms with Crippen LogP contribution in [0, 0.1) is 0 Å². The van der Waals surface area contributed by atoms with E-state index in [1.54, 1.807) is 12.1 Å². The molecule has 2 aromatic rings. The number of aromatic hydroxyl groups is 1. The Morgan fingerprint density at radius 3 is 2.42 bits per heavy atom. The summed E-state index contributed by atoms with van der Waals surface area (Å²) in [6, 6.07) is 17.1. The van der Waals surface area contributed by atoms with Crippen molar-refractivity contribution in [1.29, 1.82) is 0 Å². The zero-order valence-electron chi connectivity index (χ0n) is 10.9. The molecule has 0 amide bonds. The fraction of sp³-hybridized carbons (Fsp3) is 0.250. The van der Waals surface area contributed by atoms with Crippen LogP contribution in [0.1, 0.15) is 12.0 Å². The first-order valence-electron chi connectivity index (χ1n) is 6.51. The minimum Gasteiger partial charge on any atom is -0.508 e. The van der Waals surface area contributed by atoms with E-state index in [1.807, 2.05) is 42.5 Å². The molecule has 0 radical (unpaired) electrons. The number of hydrogen-bond donors (Lipinski definition) is 2. The molecule has 0 aliphatic carbocycles. The summed E-state index contributed by atoms with van der Waals surface area (Å²) in [4.78, 5) is 0. The van der Waals surface area contributed by atoms with E-state index in [1.165, 1.54) is 5.56 Å². The van der Waals surface area contributed by atoms with Crippen molar-refractivity contribution in [3.05, 3.63) is 60.2 Å². The van der Waals surface area contributed by atoms with Crippen molar-refractivity contribution in [2.75, 3.05) is 13.2 Å². The highest BCUT2D eigenvalue weighted by Gasteiger charge is 1.94. The molecule has 3 nitrogen and oxygen atoms in total. The summed E-state index contributed by atoms with van der Waals surface area (Å²) < 4.78 is 5.60. The number of hydrogen-bond acceptors (Lipinski definition) is 3. The zero-order valence-corrected chi connectivity index (χ0v) is 10.9. The number of para-hydroxylation sites is 1. The highest BCUT2D eigenvalue weighted by Crippen LogP contribution is 2.09. The molecule has 0 unspecified atom stereocenters. The monoisotopic (exact) mass is 257 g/mol. The van der Waals surface area contributed by atoms with Gasteiger partial charge in [0, 0.05) is 6.54 Å². The number of rotatable bonds is 7. The molecule has 0 aliphatic rings. The van der Waals surface area contributed by atoms with Crippen LogP contribution in [0.4, 0.5) is 0 Å². The molecule has 19 heavy (non-hydrogen) atoms. The van der Waals surface area contributed by atoms with Crippen LogP contribution in [0.2, 0.25) is 0 Å². The van der Waals surface area contributed by atoms with Gasteiger partial charge in [-0.3, -0.25) is 0 Å². The number of phenolic OH excluding ortho intramolecular Hbond substituents is 1. The second-order valence-corrected chi connectivity index (χ2v) is 4.36. The Morgan fingerprint density at radius 1 is 0.947 bits per heavy atom. The highest BCUT2D eigenvalue weighted by atomic mass is 16.5. The van der Waals surface area contributed by atoms with Crippen LogP contribution < -0.4 is 10.1 Å². The van der Waals surface area contributed by atoms with Crippen LogP contribution in [0.3, 0.4) is 0 Å². The summed E-state index contributed by atoms with van der Waals surface area (Å²) >= 11 is 0. The molecule has 0 aliphatic heterocycles.